The number of nitrogens with zero attached hydrogens (tertiary/aromatic N) is 1. The van der Waals surface area contributed by atoms with Gasteiger partial charge in [-0.1, -0.05) is 64.5 Å². The van der Waals surface area contributed by atoms with Gasteiger partial charge < -0.3 is 5.32 Å². The normalized spacial score (nSPS) is 10.8. The monoisotopic (exact) mass is 391 g/mol. The van der Waals surface area contributed by atoms with Gasteiger partial charge in [0.1, 0.15) is 5.69 Å². The molecule has 0 atom stereocenters. The molecule has 0 radical (unpaired) electrons. The summed E-state index contributed by atoms with van der Waals surface area (Å²) in [6.07, 6.45) is 0. The summed E-state index contributed by atoms with van der Waals surface area (Å²) in [6, 6.07) is 23.4. The van der Waals surface area contributed by atoms with Crippen molar-refractivity contribution in [2.45, 2.75) is 0 Å². The zero-order valence-corrected chi connectivity index (χ0v) is 14.7. The van der Waals surface area contributed by atoms with E-state index in [0.29, 0.717) is 5.69 Å². The van der Waals surface area contributed by atoms with Crippen molar-refractivity contribution in [1.29, 1.82) is 0 Å². The van der Waals surface area contributed by atoms with Crippen LogP contribution in [-0.2, 0) is 0 Å². The summed E-state index contributed by atoms with van der Waals surface area (Å²) in [5.74, 6) is -0.225. The van der Waals surface area contributed by atoms with Crippen LogP contribution in [0.1, 0.15) is 10.5 Å². The fourth-order valence-electron chi connectivity index (χ4n) is 2.79. The van der Waals surface area contributed by atoms with Crippen LogP contribution in [0.4, 0.5) is 5.69 Å². The summed E-state index contributed by atoms with van der Waals surface area (Å²) in [7, 11) is 0. The van der Waals surface area contributed by atoms with Gasteiger partial charge in [0.05, 0.1) is 5.69 Å². The number of halogens is 1. The number of hydrogen-bond acceptors (Lipinski definition) is 2. The van der Waals surface area contributed by atoms with Gasteiger partial charge in [-0.3, -0.25) is 9.89 Å². The second kappa shape index (κ2) is 6.53. The van der Waals surface area contributed by atoms with Gasteiger partial charge in [0.15, 0.2) is 0 Å². The molecule has 4 aromatic rings. The van der Waals surface area contributed by atoms with E-state index in [4.69, 9.17) is 0 Å². The highest BCUT2D eigenvalue weighted by Crippen LogP contribution is 2.27. The Morgan fingerprint density at radius 2 is 1.76 bits per heavy atom. The Kier molecular flexibility index (Phi) is 4.07. The molecule has 0 aliphatic heterocycles. The van der Waals surface area contributed by atoms with Gasteiger partial charge in [0.25, 0.3) is 5.91 Å². The first-order chi connectivity index (χ1) is 12.2. The van der Waals surface area contributed by atoms with Gasteiger partial charge in [-0.25, -0.2) is 0 Å². The molecule has 1 amide bonds. The Bertz CT molecular complexity index is 1070. The molecule has 3 aromatic carbocycles. The van der Waals surface area contributed by atoms with Crippen LogP contribution in [0.25, 0.3) is 22.0 Å². The molecule has 0 saturated heterocycles. The van der Waals surface area contributed by atoms with Crippen LogP contribution in [0, 0.1) is 0 Å². The summed E-state index contributed by atoms with van der Waals surface area (Å²) >= 11 is 3.39. The lowest BCUT2D eigenvalue weighted by molar-refractivity contribution is 0.102. The van der Waals surface area contributed by atoms with E-state index in [-0.39, 0.29) is 5.91 Å². The molecule has 4 nitrogen and oxygen atoms in total. The molecule has 5 heteroatoms. The number of H-pyrrole nitrogens is 1. The van der Waals surface area contributed by atoms with Crippen molar-refractivity contribution in [3.05, 3.63) is 83.0 Å². The molecule has 25 heavy (non-hydrogen) atoms. The van der Waals surface area contributed by atoms with Crippen LogP contribution < -0.4 is 5.32 Å². The zero-order valence-electron chi connectivity index (χ0n) is 13.2. The van der Waals surface area contributed by atoms with Crippen LogP contribution in [-0.4, -0.2) is 16.1 Å². The van der Waals surface area contributed by atoms with Crippen LogP contribution >= 0.6 is 15.9 Å². The number of rotatable bonds is 3. The van der Waals surface area contributed by atoms with Crippen molar-refractivity contribution in [2.24, 2.45) is 0 Å². The van der Waals surface area contributed by atoms with Gasteiger partial charge in [-0.15, -0.1) is 0 Å². The van der Waals surface area contributed by atoms with Gasteiger partial charge in [0, 0.05) is 15.7 Å². The Morgan fingerprint density at radius 3 is 2.64 bits per heavy atom. The van der Waals surface area contributed by atoms with E-state index in [9.17, 15) is 4.79 Å². The predicted octanol–water partition coefficient (Wildman–Crippen LogP) is 5.24. The van der Waals surface area contributed by atoms with Crippen molar-refractivity contribution >= 4 is 38.3 Å². The van der Waals surface area contributed by atoms with E-state index < -0.39 is 0 Å². The van der Waals surface area contributed by atoms with E-state index in [1.165, 1.54) is 0 Å². The van der Waals surface area contributed by atoms with E-state index in [0.717, 1.165) is 32.2 Å². The van der Waals surface area contributed by atoms with Crippen LogP contribution in [0.3, 0.4) is 0 Å². The summed E-state index contributed by atoms with van der Waals surface area (Å²) in [5.41, 5.74) is 2.88. The summed E-state index contributed by atoms with van der Waals surface area (Å²) in [5, 5.41) is 12.3. The lowest BCUT2D eigenvalue weighted by Gasteiger charge is -2.04. The van der Waals surface area contributed by atoms with E-state index in [1.807, 2.05) is 48.5 Å². The van der Waals surface area contributed by atoms with Gasteiger partial charge >= 0.3 is 0 Å². The van der Waals surface area contributed by atoms with E-state index in [1.54, 1.807) is 6.07 Å². The molecule has 0 aliphatic rings. The van der Waals surface area contributed by atoms with Crippen molar-refractivity contribution in [3.8, 4) is 11.3 Å². The Labute approximate surface area is 153 Å². The molecular weight excluding hydrogens is 378 g/mol. The fraction of sp³-hybridized carbons (Fsp3) is 0. The number of nitrogens with one attached hydrogen (secondary N) is 2. The zero-order chi connectivity index (χ0) is 17.2. The first-order valence-electron chi connectivity index (χ1n) is 7.81. The van der Waals surface area contributed by atoms with Crippen molar-refractivity contribution < 1.29 is 4.79 Å². The fourth-order valence-corrected chi connectivity index (χ4v) is 3.19. The number of fused-ring (bicyclic) bond motifs is 1. The third kappa shape index (κ3) is 3.19. The molecule has 1 heterocycles. The molecule has 0 unspecified atom stereocenters. The topological polar surface area (TPSA) is 57.8 Å². The quantitative estimate of drug-likeness (QED) is 0.501. The number of aromatic amines is 1. The first-order valence-corrected chi connectivity index (χ1v) is 8.60. The highest BCUT2D eigenvalue weighted by molar-refractivity contribution is 9.10. The largest absolute Gasteiger partial charge is 0.321 e. The van der Waals surface area contributed by atoms with Gasteiger partial charge in [-0.2, -0.15) is 5.10 Å². The molecule has 122 valence electrons. The van der Waals surface area contributed by atoms with Crippen LogP contribution in [0.15, 0.2) is 77.3 Å². The Morgan fingerprint density at radius 1 is 0.960 bits per heavy atom. The highest BCUT2D eigenvalue weighted by Gasteiger charge is 2.13. The van der Waals surface area contributed by atoms with Crippen molar-refractivity contribution in [3.63, 3.8) is 0 Å². The summed E-state index contributed by atoms with van der Waals surface area (Å²) in [4.78, 5) is 12.4. The Hall–Kier alpha value is -2.92. The second-order valence-electron chi connectivity index (χ2n) is 5.66. The first kappa shape index (κ1) is 15.6. The molecule has 1 aromatic heterocycles. The molecular formula is C20H14BrN3O. The molecule has 4 rings (SSSR count). The second-order valence-corrected chi connectivity index (χ2v) is 6.57. The van der Waals surface area contributed by atoms with Crippen molar-refractivity contribution in [1.82, 2.24) is 10.2 Å². The minimum Gasteiger partial charge on any atom is -0.321 e. The number of aromatic nitrogens is 2. The number of amides is 1. The van der Waals surface area contributed by atoms with E-state index >= 15 is 0 Å². The molecule has 0 spiro atoms. The minimum atomic E-state index is -0.225. The minimum absolute atomic E-state index is 0.225. The maximum absolute atomic E-state index is 12.4. The summed E-state index contributed by atoms with van der Waals surface area (Å²) in [6.45, 7) is 0. The molecule has 0 fully saturated rings. The van der Waals surface area contributed by atoms with Crippen molar-refractivity contribution in [2.75, 3.05) is 5.32 Å². The standard InChI is InChI=1S/C20H14BrN3O/c21-14-7-4-8-15(11-14)22-20(25)19-12-18(23-24-19)17-10-3-6-13-5-1-2-9-16(13)17/h1-12H,(H,22,25)(H,23,24). The van der Waals surface area contributed by atoms with Gasteiger partial charge in [-0.05, 0) is 35.0 Å². The average Bonchev–Trinajstić information content (AvgIpc) is 3.11. The third-order valence-corrected chi connectivity index (χ3v) is 4.46. The number of hydrogen-bond donors (Lipinski definition) is 2. The lowest BCUT2D eigenvalue weighted by Crippen LogP contribution is -2.12. The maximum Gasteiger partial charge on any atom is 0.273 e. The smallest absolute Gasteiger partial charge is 0.273 e. The van der Waals surface area contributed by atoms with Crippen LogP contribution in [0.2, 0.25) is 0 Å². The SMILES string of the molecule is O=C(Nc1cccc(Br)c1)c1cc(-c2cccc3ccccc23)n[nH]1. The number of carbonyl (C=O) groups is 1. The predicted molar refractivity (Wildman–Crippen MR) is 104 cm³/mol. The third-order valence-electron chi connectivity index (χ3n) is 3.97. The number of anilines is 1. The number of benzene rings is 3. The number of carbonyl (C=O) groups excluding carboxylic acids is 1. The summed E-state index contributed by atoms with van der Waals surface area (Å²) < 4.78 is 0.909. The van der Waals surface area contributed by atoms with Gasteiger partial charge in [0.2, 0.25) is 0 Å². The average molecular weight is 392 g/mol. The Balaban J connectivity index is 1.64. The van der Waals surface area contributed by atoms with E-state index in [2.05, 4.69) is 49.6 Å². The molecule has 0 aliphatic carbocycles. The molecule has 0 bridgehead atoms. The molecule has 2 N–H and O–H groups in total. The highest BCUT2D eigenvalue weighted by atomic mass is 79.9. The van der Waals surface area contributed by atoms with Crippen LogP contribution in [0.5, 0.6) is 0 Å². The molecule has 0 saturated carbocycles. The maximum atomic E-state index is 12.4. The lowest BCUT2D eigenvalue weighted by atomic mass is 10.0.